The summed E-state index contributed by atoms with van der Waals surface area (Å²) < 4.78 is 4.88. The molecule has 2 N–H and O–H groups in total. The molecule has 0 radical (unpaired) electrons. The topological polar surface area (TPSA) is 55.6 Å². The van der Waals surface area contributed by atoms with Gasteiger partial charge in [0.25, 0.3) is 0 Å². The smallest absolute Gasteiger partial charge is 0.241 e. The lowest BCUT2D eigenvalue weighted by molar-refractivity contribution is -0.132. The third-order valence-corrected chi connectivity index (χ3v) is 2.71. The number of methoxy groups -OCH3 is 1. The van der Waals surface area contributed by atoms with Gasteiger partial charge in [0.2, 0.25) is 5.91 Å². The summed E-state index contributed by atoms with van der Waals surface area (Å²) in [6.07, 6.45) is 0. The number of nitrogens with two attached hydrogens (primary N) is 1. The molecule has 1 atom stereocenters. The lowest BCUT2D eigenvalue weighted by Crippen LogP contribution is -2.44. The van der Waals surface area contributed by atoms with E-state index in [1.807, 2.05) is 31.2 Å². The molecule has 0 aliphatic heterocycles. The number of aryl methyl sites for hydroxylation is 1. The molecule has 0 saturated carbocycles. The summed E-state index contributed by atoms with van der Waals surface area (Å²) in [5.74, 6) is -0.102. The second-order valence-electron chi connectivity index (χ2n) is 4.18. The molecule has 0 spiro atoms. The Kier molecular flexibility index (Phi) is 7.59. The summed E-state index contributed by atoms with van der Waals surface area (Å²) in [6.45, 7) is 2.85. The fraction of sp³-hybridized carbons (Fsp3) is 0.462. The van der Waals surface area contributed by atoms with Gasteiger partial charge in [0, 0.05) is 20.7 Å². The molecule has 4 nitrogen and oxygen atoms in total. The fourth-order valence-corrected chi connectivity index (χ4v) is 1.65. The quantitative estimate of drug-likeness (QED) is 0.880. The largest absolute Gasteiger partial charge is 0.383 e. The zero-order valence-electron chi connectivity index (χ0n) is 11.1. The van der Waals surface area contributed by atoms with Gasteiger partial charge in [-0.05, 0) is 18.1 Å². The van der Waals surface area contributed by atoms with E-state index in [0.717, 1.165) is 5.56 Å². The molecule has 1 aromatic carbocycles. The van der Waals surface area contributed by atoms with Crippen molar-refractivity contribution in [2.45, 2.75) is 19.5 Å². The summed E-state index contributed by atoms with van der Waals surface area (Å²) >= 11 is 0. The van der Waals surface area contributed by atoms with Crippen LogP contribution in [0.5, 0.6) is 0 Å². The highest BCUT2D eigenvalue weighted by atomic mass is 35.5. The Hall–Kier alpha value is -1.10. The Morgan fingerprint density at radius 2 is 2.06 bits per heavy atom. The van der Waals surface area contributed by atoms with Crippen LogP contribution in [-0.2, 0) is 16.1 Å². The maximum atomic E-state index is 11.9. The van der Waals surface area contributed by atoms with Crippen molar-refractivity contribution >= 4 is 18.3 Å². The van der Waals surface area contributed by atoms with Gasteiger partial charge in [0.15, 0.2) is 0 Å². The number of carbonyl (C=O) groups excluding carboxylic acids is 1. The summed E-state index contributed by atoms with van der Waals surface area (Å²) in [5.41, 5.74) is 8.01. The van der Waals surface area contributed by atoms with Crippen molar-refractivity contribution in [1.82, 2.24) is 4.90 Å². The Bertz CT molecular complexity index is 385. The molecular formula is C13H21ClN2O2. The molecule has 1 amide bonds. The molecule has 1 unspecified atom stereocenters. The van der Waals surface area contributed by atoms with Crippen molar-refractivity contribution in [2.75, 3.05) is 20.8 Å². The molecule has 5 heteroatoms. The van der Waals surface area contributed by atoms with E-state index >= 15 is 0 Å². The first kappa shape index (κ1) is 16.9. The van der Waals surface area contributed by atoms with Gasteiger partial charge < -0.3 is 15.4 Å². The van der Waals surface area contributed by atoms with Gasteiger partial charge in [0.05, 0.1) is 6.61 Å². The monoisotopic (exact) mass is 272 g/mol. The second-order valence-corrected chi connectivity index (χ2v) is 4.18. The number of hydrogen-bond acceptors (Lipinski definition) is 3. The van der Waals surface area contributed by atoms with Crippen LogP contribution >= 0.6 is 12.4 Å². The molecule has 0 aliphatic rings. The number of rotatable bonds is 5. The van der Waals surface area contributed by atoms with Crippen molar-refractivity contribution in [3.05, 3.63) is 35.4 Å². The minimum absolute atomic E-state index is 0. The Labute approximate surface area is 115 Å². The number of ether oxygens (including phenoxy) is 1. The van der Waals surface area contributed by atoms with Crippen molar-refractivity contribution < 1.29 is 9.53 Å². The zero-order valence-corrected chi connectivity index (χ0v) is 11.9. The van der Waals surface area contributed by atoms with E-state index in [2.05, 4.69) is 0 Å². The van der Waals surface area contributed by atoms with Gasteiger partial charge in [-0.25, -0.2) is 0 Å². The Morgan fingerprint density at radius 3 is 2.61 bits per heavy atom. The lowest BCUT2D eigenvalue weighted by Gasteiger charge is -2.21. The number of amides is 1. The van der Waals surface area contributed by atoms with Crippen LogP contribution in [0.3, 0.4) is 0 Å². The highest BCUT2D eigenvalue weighted by Crippen LogP contribution is 2.09. The van der Waals surface area contributed by atoms with E-state index in [0.29, 0.717) is 6.54 Å². The standard InChI is InChI=1S/C13H20N2O2.ClH/c1-10-6-4-5-7-11(10)8-15(2)13(16)12(14)9-17-3;/h4-7,12H,8-9,14H2,1-3H3;1H. The van der Waals surface area contributed by atoms with Gasteiger partial charge in [-0.15, -0.1) is 12.4 Å². The first-order chi connectivity index (χ1) is 8.06. The average molecular weight is 273 g/mol. The van der Waals surface area contributed by atoms with E-state index in [1.165, 1.54) is 12.7 Å². The van der Waals surface area contributed by atoms with E-state index < -0.39 is 6.04 Å². The summed E-state index contributed by atoms with van der Waals surface area (Å²) in [4.78, 5) is 13.5. The molecule has 0 aromatic heterocycles. The highest BCUT2D eigenvalue weighted by molar-refractivity contribution is 5.85. The molecular weight excluding hydrogens is 252 g/mol. The summed E-state index contributed by atoms with van der Waals surface area (Å²) in [6, 6.07) is 7.41. The lowest BCUT2D eigenvalue weighted by atomic mass is 10.1. The second kappa shape index (κ2) is 8.08. The van der Waals surface area contributed by atoms with Gasteiger partial charge in [-0.2, -0.15) is 0 Å². The number of carbonyl (C=O) groups is 1. The van der Waals surface area contributed by atoms with Gasteiger partial charge in [-0.1, -0.05) is 24.3 Å². The van der Waals surface area contributed by atoms with E-state index in [9.17, 15) is 4.79 Å². The Morgan fingerprint density at radius 1 is 1.44 bits per heavy atom. The normalized spacial score (nSPS) is 11.6. The van der Waals surface area contributed by atoms with Crippen molar-refractivity contribution in [2.24, 2.45) is 5.73 Å². The summed E-state index contributed by atoms with van der Waals surface area (Å²) in [7, 11) is 3.29. The van der Waals surface area contributed by atoms with Crippen LogP contribution < -0.4 is 5.73 Å². The van der Waals surface area contributed by atoms with E-state index in [4.69, 9.17) is 10.5 Å². The molecule has 0 heterocycles. The van der Waals surface area contributed by atoms with Crippen molar-refractivity contribution in [3.8, 4) is 0 Å². The molecule has 0 aliphatic carbocycles. The number of halogens is 1. The molecule has 0 bridgehead atoms. The molecule has 0 fully saturated rings. The average Bonchev–Trinajstić information content (AvgIpc) is 2.31. The molecule has 1 rings (SSSR count). The first-order valence-corrected chi connectivity index (χ1v) is 5.60. The van der Waals surface area contributed by atoms with Crippen molar-refractivity contribution in [3.63, 3.8) is 0 Å². The number of nitrogens with zero attached hydrogens (tertiary/aromatic N) is 1. The third kappa shape index (κ3) is 4.64. The van der Waals surface area contributed by atoms with Crippen LogP contribution in [0.15, 0.2) is 24.3 Å². The number of likely N-dealkylation sites (N-methyl/N-ethyl adjacent to an activating group) is 1. The molecule has 102 valence electrons. The van der Waals surface area contributed by atoms with E-state index in [-0.39, 0.29) is 24.9 Å². The molecule has 18 heavy (non-hydrogen) atoms. The van der Waals surface area contributed by atoms with Crippen LogP contribution in [0.4, 0.5) is 0 Å². The minimum atomic E-state index is -0.589. The highest BCUT2D eigenvalue weighted by Gasteiger charge is 2.18. The molecule has 0 saturated heterocycles. The van der Waals surface area contributed by atoms with Crippen LogP contribution in [0.1, 0.15) is 11.1 Å². The van der Waals surface area contributed by atoms with Gasteiger partial charge in [-0.3, -0.25) is 4.79 Å². The third-order valence-electron chi connectivity index (χ3n) is 2.71. The predicted octanol–water partition coefficient (Wildman–Crippen LogP) is 1.35. The maximum Gasteiger partial charge on any atom is 0.241 e. The molecule has 1 aromatic rings. The van der Waals surface area contributed by atoms with Gasteiger partial charge in [0.1, 0.15) is 6.04 Å². The van der Waals surface area contributed by atoms with Crippen LogP contribution in [0.2, 0.25) is 0 Å². The SMILES string of the molecule is COCC(N)C(=O)N(C)Cc1ccccc1C.Cl. The van der Waals surface area contributed by atoms with Gasteiger partial charge >= 0.3 is 0 Å². The number of benzene rings is 1. The number of hydrogen-bond donors (Lipinski definition) is 1. The first-order valence-electron chi connectivity index (χ1n) is 5.60. The zero-order chi connectivity index (χ0) is 12.8. The minimum Gasteiger partial charge on any atom is -0.383 e. The fourth-order valence-electron chi connectivity index (χ4n) is 1.65. The predicted molar refractivity (Wildman–Crippen MR) is 74.8 cm³/mol. The summed E-state index contributed by atoms with van der Waals surface area (Å²) in [5, 5.41) is 0. The van der Waals surface area contributed by atoms with Crippen LogP contribution in [-0.4, -0.2) is 37.6 Å². The Balaban J connectivity index is 0.00000289. The van der Waals surface area contributed by atoms with Crippen LogP contribution in [0, 0.1) is 6.92 Å². The van der Waals surface area contributed by atoms with Crippen molar-refractivity contribution in [1.29, 1.82) is 0 Å². The van der Waals surface area contributed by atoms with E-state index in [1.54, 1.807) is 11.9 Å². The van der Waals surface area contributed by atoms with Crippen LogP contribution in [0.25, 0.3) is 0 Å². The maximum absolute atomic E-state index is 11.9.